The van der Waals surface area contributed by atoms with Gasteiger partial charge in [0, 0.05) is 30.8 Å². The van der Waals surface area contributed by atoms with Crippen LogP contribution in [0.25, 0.3) is 0 Å². The third-order valence-corrected chi connectivity index (χ3v) is 4.71. The number of ether oxygens (including phenoxy) is 2. The molecule has 1 atom stereocenters. The minimum absolute atomic E-state index is 0.0684. The molecule has 1 aromatic carbocycles. The van der Waals surface area contributed by atoms with Gasteiger partial charge >= 0.3 is 0 Å². The normalized spacial score (nSPS) is 22.1. The van der Waals surface area contributed by atoms with Crippen LogP contribution in [0.15, 0.2) is 18.2 Å². The molecule has 2 aliphatic rings. The molecule has 2 fully saturated rings. The summed E-state index contributed by atoms with van der Waals surface area (Å²) in [6, 6.07) is 5.88. The van der Waals surface area contributed by atoms with Crippen LogP contribution in [0.2, 0.25) is 0 Å². The second kappa shape index (κ2) is 6.57. The van der Waals surface area contributed by atoms with Gasteiger partial charge in [-0.1, -0.05) is 0 Å². The summed E-state index contributed by atoms with van der Waals surface area (Å²) in [5.74, 6) is 1.37. The van der Waals surface area contributed by atoms with Crippen molar-refractivity contribution in [2.75, 3.05) is 40.4 Å². The molecule has 5 heteroatoms. The molecule has 0 bridgehead atoms. The standard InChI is InChI=1S/C17H24N2O3/c1-21-15-9-13(10-16(11-15)22-2)17(20)19-8-5-14(12-19)18-6-3-4-7-18/h9-11,14H,3-8,12H2,1-2H3. The molecule has 5 nitrogen and oxygen atoms in total. The summed E-state index contributed by atoms with van der Waals surface area (Å²) >= 11 is 0. The first kappa shape index (κ1) is 15.2. The first-order valence-corrected chi connectivity index (χ1v) is 7.97. The van der Waals surface area contributed by atoms with Gasteiger partial charge in [0.05, 0.1) is 14.2 Å². The van der Waals surface area contributed by atoms with E-state index in [1.54, 1.807) is 32.4 Å². The average molecular weight is 304 g/mol. The molecule has 2 aliphatic heterocycles. The zero-order valence-electron chi connectivity index (χ0n) is 13.4. The highest BCUT2D eigenvalue weighted by Gasteiger charge is 2.32. The van der Waals surface area contributed by atoms with Crippen molar-refractivity contribution in [3.63, 3.8) is 0 Å². The van der Waals surface area contributed by atoms with Crippen LogP contribution in [0.4, 0.5) is 0 Å². The van der Waals surface area contributed by atoms with Gasteiger partial charge < -0.3 is 14.4 Å². The number of benzene rings is 1. The van der Waals surface area contributed by atoms with Crippen LogP contribution in [-0.2, 0) is 0 Å². The minimum atomic E-state index is 0.0684. The number of nitrogens with zero attached hydrogens (tertiary/aromatic N) is 2. The molecule has 0 N–H and O–H groups in total. The summed E-state index contributed by atoms with van der Waals surface area (Å²) in [5.41, 5.74) is 0.637. The Morgan fingerprint density at radius 2 is 1.68 bits per heavy atom. The Labute approximate surface area is 131 Å². The Kier molecular flexibility index (Phi) is 4.52. The lowest BCUT2D eigenvalue weighted by Crippen LogP contribution is -2.37. The molecule has 0 aromatic heterocycles. The van der Waals surface area contributed by atoms with Crippen LogP contribution in [0, 0.1) is 0 Å². The first-order chi connectivity index (χ1) is 10.7. The van der Waals surface area contributed by atoms with Crippen LogP contribution in [0.5, 0.6) is 11.5 Å². The van der Waals surface area contributed by atoms with E-state index in [0.717, 1.165) is 19.5 Å². The predicted molar refractivity (Wildman–Crippen MR) is 84.7 cm³/mol. The van der Waals surface area contributed by atoms with Gasteiger partial charge in [-0.05, 0) is 44.5 Å². The van der Waals surface area contributed by atoms with Gasteiger partial charge in [0.15, 0.2) is 0 Å². The molecule has 0 radical (unpaired) electrons. The van der Waals surface area contributed by atoms with E-state index in [2.05, 4.69) is 4.90 Å². The SMILES string of the molecule is COc1cc(OC)cc(C(=O)N2CCC(N3CCCC3)C2)c1. The smallest absolute Gasteiger partial charge is 0.254 e. The minimum Gasteiger partial charge on any atom is -0.497 e. The second-order valence-electron chi connectivity index (χ2n) is 6.04. The van der Waals surface area contributed by atoms with Crippen LogP contribution in [0.1, 0.15) is 29.6 Å². The fourth-order valence-corrected chi connectivity index (χ4v) is 3.44. The van der Waals surface area contributed by atoms with Crippen molar-refractivity contribution in [2.45, 2.75) is 25.3 Å². The lowest BCUT2D eigenvalue weighted by Gasteiger charge is -2.23. The quantitative estimate of drug-likeness (QED) is 0.853. The largest absolute Gasteiger partial charge is 0.497 e. The number of carbonyl (C=O) groups is 1. The molecule has 120 valence electrons. The van der Waals surface area contributed by atoms with Crippen LogP contribution in [-0.4, -0.2) is 62.1 Å². The topological polar surface area (TPSA) is 42.0 Å². The summed E-state index contributed by atoms with van der Waals surface area (Å²) in [6.07, 6.45) is 3.65. The van der Waals surface area contributed by atoms with E-state index in [-0.39, 0.29) is 5.91 Å². The van der Waals surface area contributed by atoms with Crippen molar-refractivity contribution < 1.29 is 14.3 Å². The van der Waals surface area contributed by atoms with Crippen LogP contribution < -0.4 is 9.47 Å². The third-order valence-electron chi connectivity index (χ3n) is 4.71. The molecular formula is C17H24N2O3. The third kappa shape index (κ3) is 3.04. The number of hydrogen-bond acceptors (Lipinski definition) is 4. The van der Waals surface area contributed by atoms with E-state index in [4.69, 9.17) is 9.47 Å². The molecule has 1 unspecified atom stereocenters. The highest BCUT2D eigenvalue weighted by Crippen LogP contribution is 2.26. The molecule has 22 heavy (non-hydrogen) atoms. The number of carbonyl (C=O) groups excluding carboxylic acids is 1. The fraction of sp³-hybridized carbons (Fsp3) is 0.588. The maximum atomic E-state index is 12.7. The molecule has 2 heterocycles. The van der Waals surface area contributed by atoms with Crippen LogP contribution in [0.3, 0.4) is 0 Å². The first-order valence-electron chi connectivity index (χ1n) is 7.97. The number of likely N-dealkylation sites (tertiary alicyclic amines) is 2. The van der Waals surface area contributed by atoms with E-state index in [0.29, 0.717) is 23.1 Å². The predicted octanol–water partition coefficient (Wildman–Crippen LogP) is 2.01. The summed E-state index contributed by atoms with van der Waals surface area (Å²) in [5, 5.41) is 0. The summed E-state index contributed by atoms with van der Waals surface area (Å²) in [7, 11) is 3.20. The number of methoxy groups -OCH3 is 2. The van der Waals surface area contributed by atoms with Crippen LogP contribution >= 0.6 is 0 Å². The van der Waals surface area contributed by atoms with Gasteiger partial charge in [0.2, 0.25) is 0 Å². The van der Waals surface area contributed by atoms with E-state index in [9.17, 15) is 4.79 Å². The summed E-state index contributed by atoms with van der Waals surface area (Å²) in [4.78, 5) is 17.2. The lowest BCUT2D eigenvalue weighted by molar-refractivity contribution is 0.0779. The number of hydrogen-bond donors (Lipinski definition) is 0. The number of rotatable bonds is 4. The molecule has 1 aromatic rings. The van der Waals surface area contributed by atoms with Gasteiger partial charge in [0.1, 0.15) is 11.5 Å². The molecular weight excluding hydrogens is 280 g/mol. The van der Waals surface area contributed by atoms with E-state index in [1.165, 1.54) is 25.9 Å². The monoisotopic (exact) mass is 304 g/mol. The number of amides is 1. The lowest BCUT2D eigenvalue weighted by atomic mass is 10.1. The Morgan fingerprint density at radius 1 is 1.05 bits per heavy atom. The summed E-state index contributed by atoms with van der Waals surface area (Å²) < 4.78 is 10.5. The summed E-state index contributed by atoms with van der Waals surface area (Å²) in [6.45, 7) is 4.03. The molecule has 0 spiro atoms. The molecule has 0 aliphatic carbocycles. The highest BCUT2D eigenvalue weighted by atomic mass is 16.5. The van der Waals surface area contributed by atoms with Crippen molar-refractivity contribution in [1.82, 2.24) is 9.80 Å². The van der Waals surface area contributed by atoms with E-state index in [1.807, 2.05) is 4.90 Å². The van der Waals surface area contributed by atoms with Crippen molar-refractivity contribution in [3.05, 3.63) is 23.8 Å². The van der Waals surface area contributed by atoms with Crippen molar-refractivity contribution in [3.8, 4) is 11.5 Å². The van der Waals surface area contributed by atoms with Gasteiger partial charge in [-0.15, -0.1) is 0 Å². The van der Waals surface area contributed by atoms with Crippen molar-refractivity contribution >= 4 is 5.91 Å². The Bertz CT molecular complexity index is 518. The van der Waals surface area contributed by atoms with Crippen molar-refractivity contribution in [1.29, 1.82) is 0 Å². The Morgan fingerprint density at radius 3 is 2.27 bits per heavy atom. The molecule has 1 amide bonds. The highest BCUT2D eigenvalue weighted by molar-refractivity contribution is 5.95. The van der Waals surface area contributed by atoms with Crippen molar-refractivity contribution in [2.24, 2.45) is 0 Å². The Hall–Kier alpha value is -1.75. The van der Waals surface area contributed by atoms with E-state index >= 15 is 0 Å². The molecule has 0 saturated carbocycles. The molecule has 2 saturated heterocycles. The fourth-order valence-electron chi connectivity index (χ4n) is 3.44. The second-order valence-corrected chi connectivity index (χ2v) is 6.04. The zero-order chi connectivity index (χ0) is 15.5. The van der Waals surface area contributed by atoms with E-state index < -0.39 is 0 Å². The van der Waals surface area contributed by atoms with Gasteiger partial charge in [0.25, 0.3) is 5.91 Å². The maximum absolute atomic E-state index is 12.7. The molecule has 3 rings (SSSR count). The Balaban J connectivity index is 1.71. The van der Waals surface area contributed by atoms with Gasteiger partial charge in [-0.3, -0.25) is 9.69 Å². The van der Waals surface area contributed by atoms with Gasteiger partial charge in [-0.2, -0.15) is 0 Å². The average Bonchev–Trinajstić information content (AvgIpc) is 3.24. The maximum Gasteiger partial charge on any atom is 0.254 e. The van der Waals surface area contributed by atoms with Gasteiger partial charge in [-0.25, -0.2) is 0 Å². The zero-order valence-corrected chi connectivity index (χ0v) is 13.4.